The van der Waals surface area contributed by atoms with Gasteiger partial charge in [0.1, 0.15) is 5.82 Å². The van der Waals surface area contributed by atoms with Crippen LogP contribution in [0.2, 0.25) is 0 Å². The van der Waals surface area contributed by atoms with Crippen molar-refractivity contribution in [2.24, 2.45) is 11.8 Å². The van der Waals surface area contributed by atoms with Crippen LogP contribution in [0.5, 0.6) is 0 Å². The Labute approximate surface area is 100 Å². The second-order valence-corrected chi connectivity index (χ2v) is 5.04. The van der Waals surface area contributed by atoms with E-state index in [0.29, 0.717) is 6.04 Å². The highest BCUT2D eigenvalue weighted by atomic mass is 15.1. The summed E-state index contributed by atoms with van der Waals surface area (Å²) < 4.78 is 0. The fourth-order valence-corrected chi connectivity index (χ4v) is 3.02. The highest BCUT2D eigenvalue weighted by molar-refractivity contribution is 5.91. The monoisotopic (exact) mass is 225 g/mol. The molecule has 0 bridgehead atoms. The summed E-state index contributed by atoms with van der Waals surface area (Å²) in [6, 6.07) is 11.1. The van der Waals surface area contributed by atoms with Crippen molar-refractivity contribution < 1.29 is 0 Å². The molecule has 0 spiro atoms. The van der Waals surface area contributed by atoms with Crippen LogP contribution >= 0.6 is 0 Å². The van der Waals surface area contributed by atoms with E-state index in [1.807, 2.05) is 6.20 Å². The van der Waals surface area contributed by atoms with Crippen LogP contribution in [0, 0.1) is 11.8 Å². The summed E-state index contributed by atoms with van der Waals surface area (Å²) in [5.74, 6) is 2.68. The van der Waals surface area contributed by atoms with Crippen LogP contribution in [0.25, 0.3) is 10.8 Å². The van der Waals surface area contributed by atoms with Crippen LogP contribution in [-0.4, -0.2) is 24.1 Å². The first-order chi connectivity index (χ1) is 8.43. The number of fused-ring (bicyclic) bond motifs is 2. The minimum absolute atomic E-state index is 0.634. The zero-order valence-electron chi connectivity index (χ0n) is 9.56. The van der Waals surface area contributed by atoms with Gasteiger partial charge in [-0.1, -0.05) is 24.3 Å². The molecule has 1 saturated carbocycles. The SMILES string of the molecule is c1ccc2c(NC3C4CNCC43)nccc2c1. The summed E-state index contributed by atoms with van der Waals surface area (Å²) in [6.45, 7) is 2.32. The van der Waals surface area contributed by atoms with Gasteiger partial charge in [-0.25, -0.2) is 4.98 Å². The fraction of sp³-hybridized carbons (Fsp3) is 0.357. The molecule has 1 aliphatic carbocycles. The third kappa shape index (κ3) is 1.42. The molecule has 1 saturated heterocycles. The first-order valence-electron chi connectivity index (χ1n) is 6.24. The van der Waals surface area contributed by atoms with Crippen molar-refractivity contribution in [3.63, 3.8) is 0 Å². The second-order valence-electron chi connectivity index (χ2n) is 5.04. The molecule has 3 nitrogen and oxygen atoms in total. The standard InChI is InChI=1S/C14H15N3/c1-2-4-10-9(3-1)5-6-16-14(10)17-13-11-7-15-8-12(11)13/h1-6,11-13,15H,7-8H2,(H,16,17). The number of aromatic nitrogens is 1. The molecule has 0 radical (unpaired) electrons. The molecule has 2 aromatic rings. The third-order valence-corrected chi connectivity index (χ3v) is 4.07. The molecule has 1 aromatic heterocycles. The average Bonchev–Trinajstić information content (AvgIpc) is 2.83. The Balaban J connectivity index is 1.67. The molecule has 3 heteroatoms. The maximum Gasteiger partial charge on any atom is 0.134 e. The molecule has 2 heterocycles. The molecule has 1 aliphatic heterocycles. The van der Waals surface area contributed by atoms with Crippen LogP contribution in [0.1, 0.15) is 0 Å². The van der Waals surface area contributed by atoms with Gasteiger partial charge in [-0.15, -0.1) is 0 Å². The summed E-state index contributed by atoms with van der Waals surface area (Å²) in [6.07, 6.45) is 1.89. The van der Waals surface area contributed by atoms with E-state index in [-0.39, 0.29) is 0 Å². The summed E-state index contributed by atoms with van der Waals surface area (Å²) in [4.78, 5) is 4.48. The highest BCUT2D eigenvalue weighted by Crippen LogP contribution is 2.44. The average molecular weight is 225 g/mol. The number of anilines is 1. The molecule has 1 aromatic carbocycles. The Hall–Kier alpha value is -1.61. The Morgan fingerprint density at radius 2 is 1.94 bits per heavy atom. The van der Waals surface area contributed by atoms with Gasteiger partial charge in [0.2, 0.25) is 0 Å². The summed E-state index contributed by atoms with van der Waals surface area (Å²) in [5, 5.41) is 9.51. The molecule has 2 unspecified atom stereocenters. The molecule has 2 fully saturated rings. The summed E-state index contributed by atoms with van der Waals surface area (Å²) >= 11 is 0. The fourth-order valence-electron chi connectivity index (χ4n) is 3.02. The minimum Gasteiger partial charge on any atom is -0.366 e. The van der Waals surface area contributed by atoms with Gasteiger partial charge in [-0.05, 0) is 23.3 Å². The number of rotatable bonds is 2. The normalized spacial score (nSPS) is 30.2. The van der Waals surface area contributed by atoms with Crippen molar-refractivity contribution in [3.8, 4) is 0 Å². The van der Waals surface area contributed by atoms with Gasteiger partial charge in [0.05, 0.1) is 0 Å². The van der Waals surface area contributed by atoms with Gasteiger partial charge in [0, 0.05) is 30.7 Å². The third-order valence-electron chi connectivity index (χ3n) is 4.07. The van der Waals surface area contributed by atoms with E-state index in [9.17, 15) is 0 Å². The zero-order chi connectivity index (χ0) is 11.2. The Kier molecular flexibility index (Phi) is 1.91. The number of hydrogen-bond acceptors (Lipinski definition) is 3. The van der Waals surface area contributed by atoms with Crippen LogP contribution in [0.4, 0.5) is 5.82 Å². The lowest BCUT2D eigenvalue weighted by Gasteiger charge is -2.10. The predicted octanol–water partition coefficient (Wildman–Crippen LogP) is 1.86. The number of nitrogens with one attached hydrogen (secondary N) is 2. The van der Waals surface area contributed by atoms with Gasteiger partial charge in [-0.3, -0.25) is 0 Å². The predicted molar refractivity (Wildman–Crippen MR) is 69.0 cm³/mol. The van der Waals surface area contributed by atoms with Gasteiger partial charge in [0.15, 0.2) is 0 Å². The number of piperidine rings is 1. The lowest BCUT2D eigenvalue weighted by Crippen LogP contribution is -2.21. The topological polar surface area (TPSA) is 37.0 Å². The van der Waals surface area contributed by atoms with Crippen molar-refractivity contribution >= 4 is 16.6 Å². The Bertz CT molecular complexity index is 551. The number of nitrogens with zero attached hydrogens (tertiary/aromatic N) is 1. The van der Waals surface area contributed by atoms with E-state index in [1.165, 1.54) is 10.8 Å². The van der Waals surface area contributed by atoms with Crippen molar-refractivity contribution in [1.82, 2.24) is 10.3 Å². The molecule has 2 aliphatic rings. The molecule has 4 rings (SSSR count). The first-order valence-corrected chi connectivity index (χ1v) is 6.24. The van der Waals surface area contributed by atoms with Gasteiger partial charge < -0.3 is 10.6 Å². The van der Waals surface area contributed by atoms with Crippen molar-refractivity contribution in [1.29, 1.82) is 0 Å². The van der Waals surface area contributed by atoms with Crippen molar-refractivity contribution in [2.45, 2.75) is 6.04 Å². The van der Waals surface area contributed by atoms with E-state index in [0.717, 1.165) is 30.7 Å². The maximum absolute atomic E-state index is 4.48. The van der Waals surface area contributed by atoms with Gasteiger partial charge in [-0.2, -0.15) is 0 Å². The number of pyridine rings is 1. The Morgan fingerprint density at radius 3 is 2.82 bits per heavy atom. The molecule has 2 atom stereocenters. The first kappa shape index (κ1) is 9.42. The van der Waals surface area contributed by atoms with Crippen molar-refractivity contribution in [2.75, 3.05) is 18.4 Å². The molecule has 0 amide bonds. The zero-order valence-corrected chi connectivity index (χ0v) is 9.56. The maximum atomic E-state index is 4.48. The van der Waals surface area contributed by atoms with Gasteiger partial charge in [0.25, 0.3) is 0 Å². The van der Waals surface area contributed by atoms with E-state index < -0.39 is 0 Å². The van der Waals surface area contributed by atoms with Crippen LogP contribution in [0.3, 0.4) is 0 Å². The van der Waals surface area contributed by atoms with Crippen LogP contribution < -0.4 is 10.6 Å². The summed E-state index contributed by atoms with van der Waals surface area (Å²) in [5.41, 5.74) is 0. The lowest BCUT2D eigenvalue weighted by atomic mass is 10.1. The van der Waals surface area contributed by atoms with E-state index in [1.54, 1.807) is 0 Å². The van der Waals surface area contributed by atoms with Gasteiger partial charge >= 0.3 is 0 Å². The smallest absolute Gasteiger partial charge is 0.134 e. The summed E-state index contributed by atoms with van der Waals surface area (Å²) in [7, 11) is 0. The second kappa shape index (κ2) is 3.44. The quantitative estimate of drug-likeness (QED) is 0.819. The van der Waals surface area contributed by atoms with Crippen molar-refractivity contribution in [3.05, 3.63) is 36.5 Å². The van der Waals surface area contributed by atoms with E-state index in [2.05, 4.69) is 45.9 Å². The van der Waals surface area contributed by atoms with Crippen LogP contribution in [-0.2, 0) is 0 Å². The molecule has 2 N–H and O–H groups in total. The Morgan fingerprint density at radius 1 is 1.12 bits per heavy atom. The number of benzene rings is 1. The largest absolute Gasteiger partial charge is 0.366 e. The molecular formula is C14H15N3. The molecule has 17 heavy (non-hydrogen) atoms. The van der Waals surface area contributed by atoms with E-state index >= 15 is 0 Å². The minimum atomic E-state index is 0.634. The molecule has 86 valence electrons. The van der Waals surface area contributed by atoms with Crippen LogP contribution in [0.15, 0.2) is 36.5 Å². The molecular weight excluding hydrogens is 210 g/mol. The van der Waals surface area contributed by atoms with E-state index in [4.69, 9.17) is 0 Å². The number of hydrogen-bond donors (Lipinski definition) is 2. The highest BCUT2D eigenvalue weighted by Gasteiger charge is 2.53. The lowest BCUT2D eigenvalue weighted by molar-refractivity contribution is 0.696.